The van der Waals surface area contributed by atoms with Crippen molar-refractivity contribution in [3.8, 4) is 22.9 Å². The van der Waals surface area contributed by atoms with Gasteiger partial charge in [0.05, 0.1) is 18.7 Å². The lowest BCUT2D eigenvalue weighted by molar-refractivity contribution is -0.140. The molecule has 1 aromatic heterocycles. The number of hydrogen-bond donors (Lipinski definition) is 0. The summed E-state index contributed by atoms with van der Waals surface area (Å²) in [5.41, 5.74) is 0.656. The van der Waals surface area contributed by atoms with E-state index in [4.69, 9.17) is 9.47 Å². The summed E-state index contributed by atoms with van der Waals surface area (Å²) >= 11 is 0. The number of aromatic nitrogens is 2. The van der Waals surface area contributed by atoms with Crippen LogP contribution >= 0.6 is 0 Å². The number of benzene rings is 1. The largest absolute Gasteiger partial charge is 0.487 e. The quantitative estimate of drug-likeness (QED) is 0.107. The van der Waals surface area contributed by atoms with Crippen molar-refractivity contribution in [2.45, 2.75) is 104 Å². The molecule has 0 radical (unpaired) electrons. The normalized spacial score (nSPS) is 17.6. The van der Waals surface area contributed by atoms with E-state index in [0.717, 1.165) is 44.4 Å². The van der Waals surface area contributed by atoms with Gasteiger partial charge in [0.2, 0.25) is 0 Å². The van der Waals surface area contributed by atoms with Gasteiger partial charge in [-0.3, -0.25) is 4.79 Å². The van der Waals surface area contributed by atoms with Crippen molar-refractivity contribution in [3.63, 3.8) is 0 Å². The number of nitrogens with zero attached hydrogens (tertiary/aromatic N) is 2. The minimum atomic E-state index is -0.660. The molecule has 1 saturated carbocycles. The van der Waals surface area contributed by atoms with Crippen molar-refractivity contribution in [3.05, 3.63) is 36.4 Å². The number of carbonyl (C=O) groups excluding carboxylic acids is 1. The first-order valence-corrected chi connectivity index (χ1v) is 14.1. The summed E-state index contributed by atoms with van der Waals surface area (Å²) in [7, 11) is 0. The fourth-order valence-corrected chi connectivity index (χ4v) is 4.89. The van der Waals surface area contributed by atoms with Gasteiger partial charge in [-0.2, -0.15) is 9.37 Å². The third kappa shape index (κ3) is 9.18. The van der Waals surface area contributed by atoms with Crippen LogP contribution in [-0.4, -0.2) is 22.5 Å². The number of ether oxygens (including phenoxy) is 2. The predicted octanol–water partition coefficient (Wildman–Crippen LogP) is 8.31. The number of rotatable bonds is 15. The molecule has 1 aliphatic rings. The zero-order valence-corrected chi connectivity index (χ0v) is 22.1. The van der Waals surface area contributed by atoms with Gasteiger partial charge in [0.15, 0.2) is 11.6 Å². The van der Waals surface area contributed by atoms with Gasteiger partial charge in [-0.25, -0.2) is 4.98 Å². The molecule has 198 valence electrons. The third-order valence-electron chi connectivity index (χ3n) is 7.19. The average molecular weight is 499 g/mol. The van der Waals surface area contributed by atoms with Crippen LogP contribution in [0.4, 0.5) is 4.39 Å². The first kappa shape index (κ1) is 28.1. The van der Waals surface area contributed by atoms with E-state index in [9.17, 15) is 9.18 Å². The number of carbonyl (C=O) groups is 1. The Morgan fingerprint density at radius 2 is 1.58 bits per heavy atom. The third-order valence-corrected chi connectivity index (χ3v) is 7.19. The van der Waals surface area contributed by atoms with Crippen molar-refractivity contribution in [2.24, 2.45) is 11.8 Å². The molecule has 0 spiro atoms. The fraction of sp³-hybridized carbons (Fsp3) is 0.633. The van der Waals surface area contributed by atoms with E-state index in [1.54, 1.807) is 24.3 Å². The van der Waals surface area contributed by atoms with Gasteiger partial charge in [0.1, 0.15) is 5.75 Å². The van der Waals surface area contributed by atoms with Gasteiger partial charge in [-0.15, -0.1) is 0 Å². The Balaban J connectivity index is 1.43. The molecule has 0 N–H and O–H groups in total. The highest BCUT2D eigenvalue weighted by Gasteiger charge is 2.27. The minimum Gasteiger partial charge on any atom is -0.487 e. The van der Waals surface area contributed by atoms with E-state index < -0.39 is 5.95 Å². The van der Waals surface area contributed by atoms with Crippen molar-refractivity contribution in [2.75, 3.05) is 6.61 Å². The molecule has 5 nitrogen and oxygen atoms in total. The standard InChI is InChI=1S/C30H43FN2O3/c1-3-5-7-8-9-11-21-35-27-22-32-29(33-28(27)31)24-17-19-26(20-18-24)36-30(34)25-15-13-23(14-16-25)12-10-6-4-2/h17-20,22-23,25H,3-16,21H2,1-2H3. The lowest BCUT2D eigenvalue weighted by Gasteiger charge is -2.27. The highest BCUT2D eigenvalue weighted by atomic mass is 19.1. The first-order chi connectivity index (χ1) is 17.6. The monoisotopic (exact) mass is 498 g/mol. The number of esters is 1. The molecule has 0 saturated heterocycles. The van der Waals surface area contributed by atoms with Gasteiger partial charge in [0, 0.05) is 5.56 Å². The van der Waals surface area contributed by atoms with E-state index in [-0.39, 0.29) is 23.5 Å². The van der Waals surface area contributed by atoms with Crippen LogP contribution in [0, 0.1) is 17.8 Å². The van der Waals surface area contributed by atoms with E-state index in [2.05, 4.69) is 23.8 Å². The molecule has 0 bridgehead atoms. The summed E-state index contributed by atoms with van der Waals surface area (Å²) in [5, 5.41) is 0. The van der Waals surface area contributed by atoms with Crippen LogP contribution in [0.1, 0.15) is 104 Å². The summed E-state index contributed by atoms with van der Waals surface area (Å²) in [5.74, 6) is 0.779. The Bertz CT molecular complexity index is 911. The molecule has 1 aliphatic carbocycles. The van der Waals surface area contributed by atoms with Crippen LogP contribution in [0.3, 0.4) is 0 Å². The van der Waals surface area contributed by atoms with Crippen LogP contribution in [0.15, 0.2) is 30.5 Å². The molecule has 0 amide bonds. The molecular formula is C30H43FN2O3. The molecule has 1 fully saturated rings. The van der Waals surface area contributed by atoms with E-state index in [0.29, 0.717) is 17.9 Å². The average Bonchev–Trinajstić information content (AvgIpc) is 2.90. The summed E-state index contributed by atoms with van der Waals surface area (Å²) < 4.78 is 25.6. The molecule has 1 heterocycles. The van der Waals surface area contributed by atoms with Gasteiger partial charge < -0.3 is 9.47 Å². The Hall–Kier alpha value is -2.50. The first-order valence-electron chi connectivity index (χ1n) is 14.1. The van der Waals surface area contributed by atoms with Crippen LogP contribution in [-0.2, 0) is 4.79 Å². The lowest BCUT2D eigenvalue weighted by atomic mass is 9.80. The maximum absolute atomic E-state index is 14.4. The molecule has 0 aliphatic heterocycles. The van der Waals surface area contributed by atoms with E-state index >= 15 is 0 Å². The maximum Gasteiger partial charge on any atom is 0.314 e. The minimum absolute atomic E-state index is 0.0200. The predicted molar refractivity (Wildman–Crippen MR) is 142 cm³/mol. The van der Waals surface area contributed by atoms with Crippen molar-refractivity contribution in [1.29, 1.82) is 0 Å². The van der Waals surface area contributed by atoms with E-state index in [1.807, 2.05) is 0 Å². The van der Waals surface area contributed by atoms with E-state index in [1.165, 1.54) is 57.6 Å². The SMILES string of the molecule is CCCCCCCCOc1cnc(-c2ccc(OC(=O)C3CCC(CCCCC)CC3)cc2)nc1F. The van der Waals surface area contributed by atoms with Gasteiger partial charge >= 0.3 is 5.97 Å². The van der Waals surface area contributed by atoms with Gasteiger partial charge in [-0.05, 0) is 62.3 Å². The summed E-state index contributed by atoms with van der Waals surface area (Å²) in [6.07, 6.45) is 17.4. The maximum atomic E-state index is 14.4. The van der Waals surface area contributed by atoms with Crippen LogP contribution < -0.4 is 9.47 Å². The number of hydrogen-bond acceptors (Lipinski definition) is 5. The lowest BCUT2D eigenvalue weighted by Crippen LogP contribution is -2.25. The Kier molecular flexibility index (Phi) is 12.1. The zero-order chi connectivity index (χ0) is 25.6. The summed E-state index contributed by atoms with van der Waals surface area (Å²) in [6.45, 7) is 4.89. The second-order valence-corrected chi connectivity index (χ2v) is 10.1. The van der Waals surface area contributed by atoms with Gasteiger partial charge in [-0.1, -0.05) is 71.6 Å². The highest BCUT2D eigenvalue weighted by Crippen LogP contribution is 2.33. The second kappa shape index (κ2) is 15.6. The number of halogens is 1. The smallest absolute Gasteiger partial charge is 0.314 e. The molecule has 0 unspecified atom stereocenters. The van der Waals surface area contributed by atoms with Gasteiger partial charge in [0.25, 0.3) is 5.95 Å². The molecule has 0 atom stereocenters. The molecule has 36 heavy (non-hydrogen) atoms. The van der Waals surface area contributed by atoms with Crippen LogP contribution in [0.25, 0.3) is 11.4 Å². The van der Waals surface area contributed by atoms with Crippen LogP contribution in [0.2, 0.25) is 0 Å². The van der Waals surface area contributed by atoms with Crippen molar-refractivity contribution >= 4 is 5.97 Å². The Morgan fingerprint density at radius 1 is 0.917 bits per heavy atom. The molecule has 2 aromatic rings. The Labute approximate surface area is 216 Å². The molecular weight excluding hydrogens is 455 g/mol. The summed E-state index contributed by atoms with van der Waals surface area (Å²) in [6, 6.07) is 6.93. The highest BCUT2D eigenvalue weighted by molar-refractivity contribution is 5.75. The molecule has 1 aromatic carbocycles. The van der Waals surface area contributed by atoms with Crippen molar-refractivity contribution in [1.82, 2.24) is 9.97 Å². The fourth-order valence-electron chi connectivity index (χ4n) is 4.89. The topological polar surface area (TPSA) is 61.3 Å². The summed E-state index contributed by atoms with van der Waals surface area (Å²) in [4.78, 5) is 20.9. The van der Waals surface area contributed by atoms with Crippen molar-refractivity contribution < 1.29 is 18.7 Å². The molecule has 3 rings (SSSR count). The zero-order valence-electron chi connectivity index (χ0n) is 22.1. The number of unbranched alkanes of at least 4 members (excludes halogenated alkanes) is 7. The van der Waals surface area contributed by atoms with Crippen LogP contribution in [0.5, 0.6) is 11.5 Å². The second-order valence-electron chi connectivity index (χ2n) is 10.1. The Morgan fingerprint density at radius 3 is 2.28 bits per heavy atom. The molecule has 6 heteroatoms.